The first-order valence-electron chi connectivity index (χ1n) is 6.04. The lowest BCUT2D eigenvalue weighted by Gasteiger charge is -2.42. The first kappa shape index (κ1) is 13.5. The first-order chi connectivity index (χ1) is 8.41. The molecule has 5 nitrogen and oxygen atoms in total. The minimum atomic E-state index is -0.165. The van der Waals surface area contributed by atoms with Crippen molar-refractivity contribution in [3.63, 3.8) is 0 Å². The van der Waals surface area contributed by atoms with E-state index in [1.165, 1.54) is 0 Å². The average molecular weight is 315 g/mol. The summed E-state index contributed by atoms with van der Waals surface area (Å²) in [4.78, 5) is 10.9. The highest BCUT2D eigenvalue weighted by Crippen LogP contribution is 2.30. The van der Waals surface area contributed by atoms with Gasteiger partial charge in [0, 0.05) is 26.3 Å². The number of morpholine rings is 1. The summed E-state index contributed by atoms with van der Waals surface area (Å²) < 4.78 is 6.81. The normalized spacial score (nSPS) is 22.9. The van der Waals surface area contributed by atoms with Crippen molar-refractivity contribution in [2.75, 3.05) is 30.4 Å². The van der Waals surface area contributed by atoms with Gasteiger partial charge in [-0.2, -0.15) is 4.98 Å². The topological polar surface area (TPSA) is 50.3 Å². The number of nitrogens with one attached hydrogen (secondary N) is 1. The molecule has 1 fully saturated rings. The molecule has 18 heavy (non-hydrogen) atoms. The van der Waals surface area contributed by atoms with Gasteiger partial charge in [-0.15, -0.1) is 0 Å². The van der Waals surface area contributed by atoms with Gasteiger partial charge in [-0.25, -0.2) is 4.98 Å². The molecule has 1 aliphatic rings. The number of ether oxygens (including phenoxy) is 1. The standard InChI is InChI=1S/C12H19BrN4O/c1-8-6-17(7-12(2,3)18-8)10-9(13)5-15-11(14-4)16-10/h5,8H,6-7H2,1-4H3,(H,14,15,16). The fraction of sp³-hybridized carbons (Fsp3) is 0.667. The number of rotatable bonds is 2. The van der Waals surface area contributed by atoms with Gasteiger partial charge in [-0.3, -0.25) is 0 Å². The third-order valence-electron chi connectivity index (χ3n) is 2.82. The lowest BCUT2D eigenvalue weighted by molar-refractivity contribution is -0.0752. The van der Waals surface area contributed by atoms with E-state index in [2.05, 4.69) is 56.9 Å². The van der Waals surface area contributed by atoms with E-state index in [-0.39, 0.29) is 11.7 Å². The van der Waals surface area contributed by atoms with Crippen LogP contribution in [-0.2, 0) is 4.74 Å². The molecule has 2 rings (SSSR count). The van der Waals surface area contributed by atoms with Crippen molar-refractivity contribution in [1.82, 2.24) is 9.97 Å². The van der Waals surface area contributed by atoms with Crippen LogP contribution in [0.15, 0.2) is 10.7 Å². The summed E-state index contributed by atoms with van der Waals surface area (Å²) >= 11 is 3.52. The molecule has 1 atom stereocenters. The summed E-state index contributed by atoms with van der Waals surface area (Å²) in [5.41, 5.74) is -0.165. The largest absolute Gasteiger partial charge is 0.369 e. The summed E-state index contributed by atoms with van der Waals surface area (Å²) in [6, 6.07) is 0. The zero-order valence-electron chi connectivity index (χ0n) is 11.2. The van der Waals surface area contributed by atoms with E-state index in [1.807, 2.05) is 7.05 Å². The monoisotopic (exact) mass is 314 g/mol. The van der Waals surface area contributed by atoms with Crippen LogP contribution in [0.5, 0.6) is 0 Å². The van der Waals surface area contributed by atoms with Gasteiger partial charge in [0.1, 0.15) is 5.82 Å². The highest BCUT2D eigenvalue weighted by atomic mass is 79.9. The predicted octanol–water partition coefficient (Wildman–Crippen LogP) is 2.28. The average Bonchev–Trinajstić information content (AvgIpc) is 2.27. The van der Waals surface area contributed by atoms with Gasteiger partial charge in [0.2, 0.25) is 5.95 Å². The fourth-order valence-electron chi connectivity index (χ4n) is 2.32. The van der Waals surface area contributed by atoms with E-state index in [4.69, 9.17) is 4.74 Å². The number of hydrogen-bond donors (Lipinski definition) is 1. The van der Waals surface area contributed by atoms with Crippen molar-refractivity contribution in [3.8, 4) is 0 Å². The second-order valence-corrected chi connectivity index (χ2v) is 6.04. The highest BCUT2D eigenvalue weighted by molar-refractivity contribution is 9.10. The summed E-state index contributed by atoms with van der Waals surface area (Å²) in [5, 5.41) is 2.96. The molecule has 0 amide bonds. The molecule has 1 aromatic rings. The number of nitrogens with zero attached hydrogens (tertiary/aromatic N) is 3. The molecule has 0 spiro atoms. The Morgan fingerprint density at radius 3 is 2.89 bits per heavy atom. The van der Waals surface area contributed by atoms with Crippen LogP contribution in [0.25, 0.3) is 0 Å². The van der Waals surface area contributed by atoms with Gasteiger partial charge in [-0.1, -0.05) is 0 Å². The Bertz CT molecular complexity index is 438. The SMILES string of the molecule is CNc1ncc(Br)c(N2CC(C)OC(C)(C)C2)n1. The van der Waals surface area contributed by atoms with E-state index < -0.39 is 0 Å². The third-order valence-corrected chi connectivity index (χ3v) is 3.38. The molecular weight excluding hydrogens is 296 g/mol. The smallest absolute Gasteiger partial charge is 0.224 e. The second-order valence-electron chi connectivity index (χ2n) is 5.18. The Kier molecular flexibility index (Phi) is 3.77. The van der Waals surface area contributed by atoms with Gasteiger partial charge >= 0.3 is 0 Å². The zero-order chi connectivity index (χ0) is 13.3. The molecule has 2 heterocycles. The summed E-state index contributed by atoms with van der Waals surface area (Å²) in [7, 11) is 1.82. The van der Waals surface area contributed by atoms with Crippen molar-refractivity contribution < 1.29 is 4.74 Å². The van der Waals surface area contributed by atoms with Gasteiger partial charge in [-0.05, 0) is 36.7 Å². The maximum absolute atomic E-state index is 5.91. The predicted molar refractivity (Wildman–Crippen MR) is 76.1 cm³/mol. The van der Waals surface area contributed by atoms with Crippen LogP contribution >= 0.6 is 15.9 Å². The number of anilines is 2. The van der Waals surface area contributed by atoms with Crippen LogP contribution in [0, 0.1) is 0 Å². The Morgan fingerprint density at radius 2 is 2.28 bits per heavy atom. The van der Waals surface area contributed by atoms with Crippen molar-refractivity contribution in [2.45, 2.75) is 32.5 Å². The van der Waals surface area contributed by atoms with E-state index in [0.29, 0.717) is 5.95 Å². The Labute approximate surface area is 116 Å². The molecule has 0 aromatic carbocycles. The molecular formula is C12H19BrN4O. The Morgan fingerprint density at radius 1 is 1.56 bits per heavy atom. The van der Waals surface area contributed by atoms with Crippen molar-refractivity contribution in [3.05, 3.63) is 10.7 Å². The number of hydrogen-bond acceptors (Lipinski definition) is 5. The molecule has 0 bridgehead atoms. The molecule has 0 aliphatic carbocycles. The molecule has 0 saturated carbocycles. The molecule has 1 unspecified atom stereocenters. The molecule has 6 heteroatoms. The van der Waals surface area contributed by atoms with Crippen molar-refractivity contribution in [2.24, 2.45) is 0 Å². The minimum absolute atomic E-state index is 0.165. The van der Waals surface area contributed by atoms with E-state index >= 15 is 0 Å². The maximum atomic E-state index is 5.91. The maximum Gasteiger partial charge on any atom is 0.224 e. The third kappa shape index (κ3) is 2.92. The van der Waals surface area contributed by atoms with E-state index in [1.54, 1.807) is 6.20 Å². The van der Waals surface area contributed by atoms with Crippen molar-refractivity contribution >= 4 is 27.7 Å². The molecule has 1 aromatic heterocycles. The summed E-state index contributed by atoms with van der Waals surface area (Å²) in [6.07, 6.45) is 1.97. The highest BCUT2D eigenvalue weighted by Gasteiger charge is 2.32. The van der Waals surface area contributed by atoms with Gasteiger partial charge in [0.15, 0.2) is 0 Å². The van der Waals surface area contributed by atoms with Crippen LogP contribution in [0.4, 0.5) is 11.8 Å². The summed E-state index contributed by atoms with van der Waals surface area (Å²) in [6.45, 7) is 7.94. The van der Waals surface area contributed by atoms with Crippen molar-refractivity contribution in [1.29, 1.82) is 0 Å². The molecule has 100 valence electrons. The molecule has 1 N–H and O–H groups in total. The second kappa shape index (κ2) is 5.01. The number of halogens is 1. The molecule has 1 aliphatic heterocycles. The van der Waals surface area contributed by atoms with Crippen LogP contribution in [0.2, 0.25) is 0 Å². The van der Waals surface area contributed by atoms with Gasteiger partial charge in [0.25, 0.3) is 0 Å². The van der Waals surface area contributed by atoms with Crippen LogP contribution < -0.4 is 10.2 Å². The quantitative estimate of drug-likeness (QED) is 0.907. The van der Waals surface area contributed by atoms with Crippen LogP contribution in [0.1, 0.15) is 20.8 Å². The summed E-state index contributed by atoms with van der Waals surface area (Å²) in [5.74, 6) is 1.54. The zero-order valence-corrected chi connectivity index (χ0v) is 12.8. The van der Waals surface area contributed by atoms with Gasteiger partial charge < -0.3 is 15.0 Å². The van der Waals surface area contributed by atoms with E-state index in [0.717, 1.165) is 23.4 Å². The van der Waals surface area contributed by atoms with Crippen LogP contribution in [0.3, 0.4) is 0 Å². The lowest BCUT2D eigenvalue weighted by Crippen LogP contribution is -2.52. The Balaban J connectivity index is 2.30. The lowest BCUT2D eigenvalue weighted by atomic mass is 10.1. The molecule has 1 saturated heterocycles. The van der Waals surface area contributed by atoms with Crippen LogP contribution in [-0.4, -0.2) is 41.8 Å². The molecule has 0 radical (unpaired) electrons. The fourth-order valence-corrected chi connectivity index (χ4v) is 2.76. The number of aromatic nitrogens is 2. The van der Waals surface area contributed by atoms with Gasteiger partial charge in [0.05, 0.1) is 16.2 Å². The minimum Gasteiger partial charge on any atom is -0.369 e. The Hall–Kier alpha value is -0.880. The van der Waals surface area contributed by atoms with E-state index in [9.17, 15) is 0 Å². The first-order valence-corrected chi connectivity index (χ1v) is 6.83.